The summed E-state index contributed by atoms with van der Waals surface area (Å²) in [5, 5.41) is 0. The van der Waals surface area contributed by atoms with Crippen LogP contribution in [0.3, 0.4) is 0 Å². The number of anilines is 1. The SMILES string of the molecule is COc1cc(N2CCC(=O)C2=O)ccc1Br. The van der Waals surface area contributed by atoms with Gasteiger partial charge in [0.1, 0.15) is 5.75 Å². The molecule has 0 saturated carbocycles. The summed E-state index contributed by atoms with van der Waals surface area (Å²) in [6.07, 6.45) is 0.289. The molecule has 0 aliphatic carbocycles. The molecule has 0 aromatic heterocycles. The highest BCUT2D eigenvalue weighted by molar-refractivity contribution is 9.10. The van der Waals surface area contributed by atoms with E-state index in [1.54, 1.807) is 25.3 Å². The minimum Gasteiger partial charge on any atom is -0.495 e. The normalized spacial score (nSPS) is 15.8. The molecule has 0 atom stereocenters. The Labute approximate surface area is 101 Å². The van der Waals surface area contributed by atoms with Crippen LogP contribution >= 0.6 is 15.9 Å². The van der Waals surface area contributed by atoms with E-state index in [4.69, 9.17) is 4.74 Å². The van der Waals surface area contributed by atoms with Crippen molar-refractivity contribution >= 4 is 33.3 Å². The molecule has 1 aromatic rings. The van der Waals surface area contributed by atoms with Gasteiger partial charge in [-0.1, -0.05) is 0 Å². The van der Waals surface area contributed by atoms with E-state index in [2.05, 4.69) is 15.9 Å². The second-order valence-electron chi connectivity index (χ2n) is 3.45. The van der Waals surface area contributed by atoms with Gasteiger partial charge in [-0.25, -0.2) is 0 Å². The first kappa shape index (κ1) is 11.1. The van der Waals surface area contributed by atoms with Gasteiger partial charge in [0.2, 0.25) is 5.78 Å². The summed E-state index contributed by atoms with van der Waals surface area (Å²) < 4.78 is 5.95. The van der Waals surface area contributed by atoms with Crippen LogP contribution in [0.4, 0.5) is 5.69 Å². The number of rotatable bonds is 2. The summed E-state index contributed by atoms with van der Waals surface area (Å²) in [6.45, 7) is 0.447. The lowest BCUT2D eigenvalue weighted by Crippen LogP contribution is -2.26. The number of halogens is 1. The van der Waals surface area contributed by atoms with Gasteiger partial charge >= 0.3 is 0 Å². The molecule has 1 heterocycles. The monoisotopic (exact) mass is 283 g/mol. The van der Waals surface area contributed by atoms with Gasteiger partial charge in [-0.2, -0.15) is 0 Å². The molecule has 2 rings (SSSR count). The van der Waals surface area contributed by atoms with Crippen molar-refractivity contribution in [3.63, 3.8) is 0 Å². The van der Waals surface area contributed by atoms with Gasteiger partial charge in [0.05, 0.1) is 11.6 Å². The van der Waals surface area contributed by atoms with Gasteiger partial charge in [0.25, 0.3) is 5.91 Å². The van der Waals surface area contributed by atoms with Crippen LogP contribution in [0.25, 0.3) is 0 Å². The van der Waals surface area contributed by atoms with Crippen LogP contribution in [0.15, 0.2) is 22.7 Å². The lowest BCUT2D eigenvalue weighted by Gasteiger charge is -2.15. The lowest BCUT2D eigenvalue weighted by molar-refractivity contribution is -0.133. The fraction of sp³-hybridized carbons (Fsp3) is 0.273. The largest absolute Gasteiger partial charge is 0.495 e. The molecule has 1 aromatic carbocycles. The number of ketones is 1. The van der Waals surface area contributed by atoms with Crippen LogP contribution in [0.5, 0.6) is 5.75 Å². The smallest absolute Gasteiger partial charge is 0.294 e. The molecule has 1 aliphatic heterocycles. The second-order valence-corrected chi connectivity index (χ2v) is 4.30. The van der Waals surface area contributed by atoms with Crippen molar-refractivity contribution < 1.29 is 14.3 Å². The number of benzene rings is 1. The Morgan fingerprint density at radius 3 is 2.69 bits per heavy atom. The molecular weight excluding hydrogens is 274 g/mol. The number of carbonyl (C=O) groups excluding carboxylic acids is 2. The van der Waals surface area contributed by atoms with Crippen molar-refractivity contribution in [3.05, 3.63) is 22.7 Å². The summed E-state index contributed by atoms with van der Waals surface area (Å²) in [4.78, 5) is 24.1. The maximum absolute atomic E-state index is 11.5. The van der Waals surface area contributed by atoms with Crippen LogP contribution in [-0.2, 0) is 9.59 Å². The Kier molecular flexibility index (Phi) is 2.96. The van der Waals surface area contributed by atoms with E-state index in [1.165, 1.54) is 4.90 Å². The van der Waals surface area contributed by atoms with Crippen LogP contribution in [0, 0.1) is 0 Å². The standard InChI is InChI=1S/C11H10BrNO3/c1-16-10-6-7(2-3-8(10)12)13-5-4-9(14)11(13)15/h2-3,6H,4-5H2,1H3. The van der Waals surface area contributed by atoms with Gasteiger partial charge in [-0.3, -0.25) is 9.59 Å². The van der Waals surface area contributed by atoms with Gasteiger partial charge in [-0.05, 0) is 28.1 Å². The minimum atomic E-state index is -0.440. The fourth-order valence-corrected chi connectivity index (χ4v) is 2.04. The number of hydrogen-bond donors (Lipinski definition) is 0. The van der Waals surface area contributed by atoms with Gasteiger partial charge < -0.3 is 9.64 Å². The van der Waals surface area contributed by atoms with Crippen molar-refractivity contribution in [1.29, 1.82) is 0 Å². The third-order valence-electron chi connectivity index (χ3n) is 2.49. The Morgan fingerprint density at radius 2 is 2.12 bits per heavy atom. The molecule has 5 heteroatoms. The predicted molar refractivity (Wildman–Crippen MR) is 62.7 cm³/mol. The molecule has 84 valence electrons. The highest BCUT2D eigenvalue weighted by Crippen LogP contribution is 2.30. The van der Waals surface area contributed by atoms with Gasteiger partial charge in [0, 0.05) is 24.7 Å². The molecule has 0 spiro atoms. The summed E-state index contributed by atoms with van der Waals surface area (Å²) >= 11 is 3.33. The van der Waals surface area contributed by atoms with E-state index in [0.29, 0.717) is 18.0 Å². The molecular formula is C11H10BrNO3. The lowest BCUT2D eigenvalue weighted by atomic mass is 10.3. The van der Waals surface area contributed by atoms with Crippen LogP contribution in [0.1, 0.15) is 6.42 Å². The zero-order valence-corrected chi connectivity index (χ0v) is 10.3. The highest BCUT2D eigenvalue weighted by Gasteiger charge is 2.30. The number of nitrogens with zero attached hydrogens (tertiary/aromatic N) is 1. The molecule has 0 radical (unpaired) electrons. The molecule has 1 amide bonds. The molecule has 1 saturated heterocycles. The summed E-state index contributed by atoms with van der Waals surface area (Å²) in [5.41, 5.74) is 0.691. The topological polar surface area (TPSA) is 46.6 Å². The van der Waals surface area contributed by atoms with Crippen molar-refractivity contribution in [2.75, 3.05) is 18.6 Å². The Bertz CT molecular complexity index is 459. The van der Waals surface area contributed by atoms with E-state index >= 15 is 0 Å². The predicted octanol–water partition coefficient (Wildman–Crippen LogP) is 1.76. The first-order valence-electron chi connectivity index (χ1n) is 4.81. The Hall–Kier alpha value is -1.36. The zero-order chi connectivity index (χ0) is 11.7. The van der Waals surface area contributed by atoms with E-state index in [-0.39, 0.29) is 12.2 Å². The van der Waals surface area contributed by atoms with Crippen molar-refractivity contribution in [2.24, 2.45) is 0 Å². The Morgan fingerprint density at radius 1 is 1.38 bits per heavy atom. The van der Waals surface area contributed by atoms with Crippen LogP contribution < -0.4 is 9.64 Å². The molecule has 1 aliphatic rings. The summed E-state index contributed by atoms with van der Waals surface area (Å²) in [6, 6.07) is 5.31. The number of amides is 1. The van der Waals surface area contributed by atoms with Crippen LogP contribution in [-0.4, -0.2) is 25.3 Å². The van der Waals surface area contributed by atoms with Gasteiger partial charge in [0.15, 0.2) is 0 Å². The second kappa shape index (κ2) is 4.25. The maximum Gasteiger partial charge on any atom is 0.294 e. The molecule has 16 heavy (non-hydrogen) atoms. The number of ether oxygens (including phenoxy) is 1. The minimum absolute atomic E-state index is 0.289. The first-order chi connectivity index (χ1) is 7.63. The molecule has 0 N–H and O–H groups in total. The average Bonchev–Trinajstić information content (AvgIpc) is 2.61. The van der Waals surface area contributed by atoms with Gasteiger partial charge in [-0.15, -0.1) is 0 Å². The third kappa shape index (κ3) is 1.82. The number of methoxy groups -OCH3 is 1. The molecule has 0 bridgehead atoms. The van der Waals surface area contributed by atoms with E-state index in [9.17, 15) is 9.59 Å². The Balaban J connectivity index is 2.34. The number of hydrogen-bond acceptors (Lipinski definition) is 3. The quantitative estimate of drug-likeness (QED) is 0.777. The van der Waals surface area contributed by atoms with E-state index in [1.807, 2.05) is 0 Å². The highest BCUT2D eigenvalue weighted by atomic mass is 79.9. The van der Waals surface area contributed by atoms with Crippen molar-refractivity contribution in [1.82, 2.24) is 0 Å². The maximum atomic E-state index is 11.5. The fourth-order valence-electron chi connectivity index (χ4n) is 1.64. The summed E-state index contributed by atoms with van der Waals surface area (Å²) in [5.74, 6) is -0.129. The third-order valence-corrected chi connectivity index (χ3v) is 3.15. The van der Waals surface area contributed by atoms with Crippen molar-refractivity contribution in [2.45, 2.75) is 6.42 Å². The number of Topliss-reactive ketones (excluding diaryl/α,β-unsaturated/α-hetero) is 1. The average molecular weight is 284 g/mol. The zero-order valence-electron chi connectivity index (χ0n) is 8.70. The molecule has 0 unspecified atom stereocenters. The number of carbonyl (C=O) groups is 2. The first-order valence-corrected chi connectivity index (χ1v) is 5.61. The van der Waals surface area contributed by atoms with Crippen molar-refractivity contribution in [3.8, 4) is 5.75 Å². The van der Waals surface area contributed by atoms with Crippen LogP contribution in [0.2, 0.25) is 0 Å². The molecule has 1 fully saturated rings. The van der Waals surface area contributed by atoms with E-state index in [0.717, 1.165) is 4.47 Å². The summed E-state index contributed by atoms with van der Waals surface area (Å²) in [7, 11) is 1.56. The van der Waals surface area contributed by atoms with E-state index < -0.39 is 5.91 Å². The molecule has 4 nitrogen and oxygen atoms in total.